The summed E-state index contributed by atoms with van der Waals surface area (Å²) in [5.74, 6) is 1.89. The maximum absolute atomic E-state index is 6.13. The molecular weight excluding hydrogens is 234 g/mol. The molecule has 0 radical (unpaired) electrons. The first-order chi connectivity index (χ1) is 9.26. The molecular formula is C17H31NO. The number of rotatable bonds is 3. The summed E-state index contributed by atoms with van der Waals surface area (Å²) in [6.07, 6.45) is 13.7. The topological polar surface area (TPSA) is 21.3 Å². The van der Waals surface area contributed by atoms with Crippen molar-refractivity contribution in [3.05, 3.63) is 0 Å². The highest BCUT2D eigenvalue weighted by atomic mass is 16.5. The fourth-order valence-electron chi connectivity index (χ4n) is 4.65. The quantitative estimate of drug-likeness (QED) is 0.836. The molecule has 2 nitrogen and oxygen atoms in total. The van der Waals surface area contributed by atoms with Crippen LogP contribution < -0.4 is 5.32 Å². The number of nitrogens with one attached hydrogen (secondary N) is 1. The third-order valence-electron chi connectivity index (χ3n) is 5.75. The summed E-state index contributed by atoms with van der Waals surface area (Å²) >= 11 is 0. The van der Waals surface area contributed by atoms with Gasteiger partial charge in [-0.1, -0.05) is 32.6 Å². The predicted octanol–water partition coefficient (Wildman–Crippen LogP) is 3.89. The van der Waals surface area contributed by atoms with Crippen LogP contribution in [-0.2, 0) is 4.74 Å². The fraction of sp³-hybridized carbons (Fsp3) is 1.00. The number of hydrogen-bond acceptors (Lipinski definition) is 2. The molecule has 0 bridgehead atoms. The Labute approximate surface area is 118 Å². The third-order valence-corrected chi connectivity index (χ3v) is 5.75. The second kappa shape index (κ2) is 6.13. The van der Waals surface area contributed by atoms with Gasteiger partial charge in [0.25, 0.3) is 0 Å². The van der Waals surface area contributed by atoms with Crippen molar-refractivity contribution in [1.29, 1.82) is 0 Å². The second-order valence-electron chi connectivity index (χ2n) is 7.47. The third kappa shape index (κ3) is 3.52. The Kier molecular flexibility index (Phi) is 4.48. The molecule has 2 aliphatic carbocycles. The van der Waals surface area contributed by atoms with Gasteiger partial charge in [-0.05, 0) is 56.9 Å². The van der Waals surface area contributed by atoms with Crippen LogP contribution in [0.4, 0.5) is 0 Å². The van der Waals surface area contributed by atoms with Crippen molar-refractivity contribution in [2.75, 3.05) is 13.2 Å². The lowest BCUT2D eigenvalue weighted by Crippen LogP contribution is -2.46. The maximum atomic E-state index is 6.13. The van der Waals surface area contributed by atoms with Crippen molar-refractivity contribution in [3.63, 3.8) is 0 Å². The predicted molar refractivity (Wildman–Crippen MR) is 79.3 cm³/mol. The van der Waals surface area contributed by atoms with Gasteiger partial charge in [0.1, 0.15) is 0 Å². The summed E-state index contributed by atoms with van der Waals surface area (Å²) in [5, 5.41) is 3.88. The first kappa shape index (κ1) is 13.9. The second-order valence-corrected chi connectivity index (χ2v) is 7.47. The Hall–Kier alpha value is -0.0800. The van der Waals surface area contributed by atoms with E-state index in [1.54, 1.807) is 0 Å². The largest absolute Gasteiger partial charge is 0.375 e. The molecule has 3 fully saturated rings. The zero-order valence-electron chi connectivity index (χ0n) is 12.6. The molecule has 1 aliphatic heterocycles. The van der Waals surface area contributed by atoms with Gasteiger partial charge in [-0.15, -0.1) is 0 Å². The van der Waals surface area contributed by atoms with E-state index in [4.69, 9.17) is 4.74 Å². The van der Waals surface area contributed by atoms with Gasteiger partial charge >= 0.3 is 0 Å². The highest BCUT2D eigenvalue weighted by molar-refractivity contribution is 4.93. The minimum absolute atomic E-state index is 0.274. The Morgan fingerprint density at radius 3 is 2.74 bits per heavy atom. The monoisotopic (exact) mass is 265 g/mol. The van der Waals surface area contributed by atoms with Crippen molar-refractivity contribution in [1.82, 2.24) is 5.32 Å². The van der Waals surface area contributed by atoms with Crippen molar-refractivity contribution >= 4 is 0 Å². The van der Waals surface area contributed by atoms with Crippen molar-refractivity contribution in [3.8, 4) is 0 Å². The number of hydrogen-bond donors (Lipinski definition) is 1. The molecule has 0 amide bonds. The molecule has 3 atom stereocenters. The maximum Gasteiger partial charge on any atom is 0.0697 e. The van der Waals surface area contributed by atoms with E-state index < -0.39 is 0 Å². The molecule has 3 rings (SSSR count). The average molecular weight is 265 g/mol. The zero-order chi connectivity index (χ0) is 13.1. The van der Waals surface area contributed by atoms with E-state index in [2.05, 4.69) is 12.2 Å². The van der Waals surface area contributed by atoms with Crippen LogP contribution in [0.25, 0.3) is 0 Å². The lowest BCUT2D eigenvalue weighted by molar-refractivity contribution is -0.0840. The molecule has 2 saturated carbocycles. The molecule has 3 unspecified atom stereocenters. The molecule has 0 aromatic carbocycles. The van der Waals surface area contributed by atoms with Gasteiger partial charge < -0.3 is 10.1 Å². The minimum Gasteiger partial charge on any atom is -0.375 e. The molecule has 0 aromatic rings. The van der Waals surface area contributed by atoms with Crippen LogP contribution in [0.2, 0.25) is 0 Å². The average Bonchev–Trinajstić information content (AvgIpc) is 2.85. The zero-order valence-corrected chi connectivity index (χ0v) is 12.6. The van der Waals surface area contributed by atoms with Crippen LogP contribution in [0, 0.1) is 11.8 Å². The van der Waals surface area contributed by atoms with Crippen LogP contribution in [0.1, 0.15) is 71.1 Å². The first-order valence-corrected chi connectivity index (χ1v) is 8.63. The van der Waals surface area contributed by atoms with E-state index in [9.17, 15) is 0 Å². The van der Waals surface area contributed by atoms with Crippen LogP contribution >= 0.6 is 0 Å². The van der Waals surface area contributed by atoms with Crippen LogP contribution in [0.15, 0.2) is 0 Å². The molecule has 110 valence electrons. The molecule has 1 N–H and O–H groups in total. The van der Waals surface area contributed by atoms with E-state index in [-0.39, 0.29) is 5.60 Å². The normalized spacial score (nSPS) is 38.7. The van der Waals surface area contributed by atoms with Gasteiger partial charge in [0.15, 0.2) is 0 Å². The van der Waals surface area contributed by atoms with Gasteiger partial charge in [-0.3, -0.25) is 0 Å². The van der Waals surface area contributed by atoms with Crippen molar-refractivity contribution in [2.24, 2.45) is 11.8 Å². The Morgan fingerprint density at radius 1 is 1.11 bits per heavy atom. The Morgan fingerprint density at radius 2 is 1.95 bits per heavy atom. The van der Waals surface area contributed by atoms with Crippen LogP contribution in [0.5, 0.6) is 0 Å². The highest BCUT2D eigenvalue weighted by Gasteiger charge is 2.39. The van der Waals surface area contributed by atoms with Gasteiger partial charge in [-0.2, -0.15) is 0 Å². The molecule has 0 aromatic heterocycles. The van der Waals surface area contributed by atoms with Gasteiger partial charge in [-0.25, -0.2) is 0 Å². The van der Waals surface area contributed by atoms with E-state index in [1.165, 1.54) is 70.8 Å². The number of ether oxygens (including phenoxy) is 1. The fourth-order valence-corrected chi connectivity index (χ4v) is 4.65. The first-order valence-electron chi connectivity index (χ1n) is 8.63. The lowest BCUT2D eigenvalue weighted by atomic mass is 9.82. The smallest absolute Gasteiger partial charge is 0.0697 e. The molecule has 1 heterocycles. The van der Waals surface area contributed by atoms with E-state index in [1.807, 2.05) is 0 Å². The SMILES string of the molecule is CC1CCCC(CNC2CCOC3(CCCC3)C2)C1. The summed E-state index contributed by atoms with van der Waals surface area (Å²) in [7, 11) is 0. The van der Waals surface area contributed by atoms with E-state index in [0.717, 1.165) is 24.5 Å². The van der Waals surface area contributed by atoms with E-state index >= 15 is 0 Å². The van der Waals surface area contributed by atoms with Crippen LogP contribution in [0.3, 0.4) is 0 Å². The molecule has 19 heavy (non-hydrogen) atoms. The lowest BCUT2D eigenvalue weighted by Gasteiger charge is -2.39. The minimum atomic E-state index is 0.274. The van der Waals surface area contributed by atoms with Crippen molar-refractivity contribution in [2.45, 2.75) is 82.8 Å². The summed E-state index contributed by atoms with van der Waals surface area (Å²) in [6.45, 7) is 4.66. The molecule has 2 heteroatoms. The van der Waals surface area contributed by atoms with E-state index in [0.29, 0.717) is 0 Å². The van der Waals surface area contributed by atoms with Crippen LogP contribution in [-0.4, -0.2) is 24.8 Å². The van der Waals surface area contributed by atoms with Gasteiger partial charge in [0.2, 0.25) is 0 Å². The highest BCUT2D eigenvalue weighted by Crippen LogP contribution is 2.40. The summed E-state index contributed by atoms with van der Waals surface area (Å²) in [5.41, 5.74) is 0.274. The summed E-state index contributed by atoms with van der Waals surface area (Å²) in [4.78, 5) is 0. The Balaban J connectivity index is 1.44. The van der Waals surface area contributed by atoms with Gasteiger partial charge in [0, 0.05) is 12.6 Å². The standard InChI is InChI=1S/C17H31NO/c1-14-5-4-6-15(11-14)13-18-16-7-10-19-17(12-16)8-2-3-9-17/h14-16,18H,2-13H2,1H3. The molecule has 1 spiro atoms. The van der Waals surface area contributed by atoms with Crippen molar-refractivity contribution < 1.29 is 4.74 Å². The van der Waals surface area contributed by atoms with Gasteiger partial charge in [0.05, 0.1) is 5.60 Å². The summed E-state index contributed by atoms with van der Waals surface area (Å²) in [6, 6.07) is 0.726. The molecule has 1 saturated heterocycles. The Bertz CT molecular complexity index is 285. The molecule has 3 aliphatic rings. The summed E-state index contributed by atoms with van der Waals surface area (Å²) < 4.78 is 6.13.